The minimum Gasteiger partial charge on any atom is -0.381 e. The van der Waals surface area contributed by atoms with Crippen molar-refractivity contribution in [3.8, 4) is 5.69 Å². The lowest BCUT2D eigenvalue weighted by Gasteiger charge is -2.15. The van der Waals surface area contributed by atoms with E-state index in [1.807, 2.05) is 43.5 Å². The maximum absolute atomic E-state index is 12.3. The molecule has 6 heteroatoms. The van der Waals surface area contributed by atoms with Crippen LogP contribution in [0.25, 0.3) is 5.69 Å². The van der Waals surface area contributed by atoms with Crippen LogP contribution in [0.5, 0.6) is 0 Å². The number of nitrogens with one attached hydrogen (secondary N) is 2. The highest BCUT2D eigenvalue weighted by atomic mass is 16.5. The summed E-state index contributed by atoms with van der Waals surface area (Å²) in [6.07, 6.45) is 4.94. The number of methoxy groups -OCH3 is 1. The molecule has 0 saturated heterocycles. The predicted octanol–water partition coefficient (Wildman–Crippen LogP) is 2.87. The van der Waals surface area contributed by atoms with Gasteiger partial charge in [0.2, 0.25) is 0 Å². The minimum absolute atomic E-state index is 0.166. The van der Waals surface area contributed by atoms with Crippen LogP contribution in [0, 0.1) is 6.92 Å². The van der Waals surface area contributed by atoms with Crippen molar-refractivity contribution >= 4 is 11.7 Å². The van der Waals surface area contributed by atoms with Gasteiger partial charge in [-0.05, 0) is 44.4 Å². The monoisotopic (exact) mass is 314 g/mol. The number of carbonyl (C=O) groups is 1. The van der Waals surface area contributed by atoms with E-state index in [9.17, 15) is 4.79 Å². The van der Waals surface area contributed by atoms with Crippen LogP contribution in [0.1, 0.15) is 25.0 Å². The predicted molar refractivity (Wildman–Crippen MR) is 88.9 cm³/mol. The number of hydrogen-bond acceptors (Lipinski definition) is 3. The number of carbonyl (C=O) groups excluding carboxylic acids is 1. The summed E-state index contributed by atoms with van der Waals surface area (Å²) in [4.78, 5) is 12.3. The summed E-state index contributed by atoms with van der Waals surface area (Å²) in [5, 5.41) is 10.3. The van der Waals surface area contributed by atoms with E-state index in [0.29, 0.717) is 0 Å². The molecule has 1 saturated carbocycles. The Morgan fingerprint density at radius 2 is 2.13 bits per heavy atom. The third-order valence-electron chi connectivity index (χ3n) is 4.17. The summed E-state index contributed by atoms with van der Waals surface area (Å²) in [5.41, 5.74) is 2.51. The summed E-state index contributed by atoms with van der Waals surface area (Å²) < 4.78 is 7.10. The number of amides is 2. The fourth-order valence-corrected chi connectivity index (χ4v) is 2.96. The van der Waals surface area contributed by atoms with Gasteiger partial charge in [0.15, 0.2) is 0 Å². The van der Waals surface area contributed by atoms with Crippen LogP contribution in [-0.4, -0.2) is 35.1 Å². The van der Waals surface area contributed by atoms with E-state index >= 15 is 0 Å². The molecule has 1 fully saturated rings. The van der Waals surface area contributed by atoms with Gasteiger partial charge in [0.05, 0.1) is 23.2 Å². The average Bonchev–Trinajstić information content (AvgIpc) is 3.16. The molecule has 23 heavy (non-hydrogen) atoms. The maximum atomic E-state index is 12.3. The minimum atomic E-state index is -0.192. The van der Waals surface area contributed by atoms with E-state index in [4.69, 9.17) is 4.74 Å². The van der Waals surface area contributed by atoms with Crippen molar-refractivity contribution in [1.82, 2.24) is 15.1 Å². The van der Waals surface area contributed by atoms with Gasteiger partial charge in [-0.3, -0.25) is 0 Å². The number of benzene rings is 1. The van der Waals surface area contributed by atoms with Gasteiger partial charge in [-0.15, -0.1) is 0 Å². The van der Waals surface area contributed by atoms with E-state index in [0.717, 1.165) is 36.3 Å². The fraction of sp³-hybridized carbons (Fsp3) is 0.412. The van der Waals surface area contributed by atoms with Gasteiger partial charge in [0.1, 0.15) is 0 Å². The number of aromatic nitrogens is 2. The largest absolute Gasteiger partial charge is 0.381 e. The second kappa shape index (κ2) is 6.83. The molecule has 1 aliphatic carbocycles. The molecule has 2 N–H and O–H groups in total. The quantitative estimate of drug-likeness (QED) is 0.912. The molecule has 0 radical (unpaired) electrons. The van der Waals surface area contributed by atoms with Gasteiger partial charge >= 0.3 is 6.03 Å². The standard InChI is InChI=1S/C17H22N4O2/c1-12-9-10-21(20-12)16-6-4-3-5-15(16)19-17(22)18-13-7-8-14(11-13)23-2/h3-6,9-10,13-14H,7-8,11H2,1-2H3,(H2,18,19,22)/t13-,14+/m0/s1. The van der Waals surface area contributed by atoms with Crippen LogP contribution in [0.2, 0.25) is 0 Å². The molecular formula is C17H22N4O2. The van der Waals surface area contributed by atoms with Gasteiger partial charge in [-0.2, -0.15) is 5.10 Å². The van der Waals surface area contributed by atoms with Crippen molar-refractivity contribution in [1.29, 1.82) is 0 Å². The number of para-hydroxylation sites is 2. The normalized spacial score (nSPS) is 20.4. The number of hydrogen-bond donors (Lipinski definition) is 2. The molecule has 0 aliphatic heterocycles. The Bertz CT molecular complexity index is 683. The highest BCUT2D eigenvalue weighted by Gasteiger charge is 2.25. The summed E-state index contributed by atoms with van der Waals surface area (Å²) >= 11 is 0. The Hall–Kier alpha value is -2.34. The molecule has 1 aromatic heterocycles. The number of ether oxygens (including phenoxy) is 1. The van der Waals surface area contributed by atoms with Crippen LogP contribution >= 0.6 is 0 Å². The maximum Gasteiger partial charge on any atom is 0.319 e. The number of aryl methyl sites for hydroxylation is 1. The lowest BCUT2D eigenvalue weighted by molar-refractivity contribution is 0.107. The molecule has 1 aliphatic rings. The van der Waals surface area contributed by atoms with Crippen LogP contribution in [0.15, 0.2) is 36.5 Å². The number of nitrogens with zero attached hydrogens (tertiary/aromatic N) is 2. The first kappa shape index (κ1) is 15.6. The van der Waals surface area contributed by atoms with E-state index in [1.54, 1.807) is 11.8 Å². The zero-order valence-corrected chi connectivity index (χ0v) is 13.5. The average molecular weight is 314 g/mol. The van der Waals surface area contributed by atoms with E-state index < -0.39 is 0 Å². The molecule has 2 aromatic rings. The van der Waals surface area contributed by atoms with Crippen LogP contribution in [0.3, 0.4) is 0 Å². The van der Waals surface area contributed by atoms with Crippen LogP contribution < -0.4 is 10.6 Å². The van der Waals surface area contributed by atoms with Crippen LogP contribution in [-0.2, 0) is 4.74 Å². The van der Waals surface area contributed by atoms with Crippen molar-refractivity contribution in [2.45, 2.75) is 38.3 Å². The Morgan fingerprint density at radius 1 is 1.30 bits per heavy atom. The second-order valence-electron chi connectivity index (χ2n) is 5.88. The van der Waals surface area contributed by atoms with Gasteiger partial charge < -0.3 is 15.4 Å². The third-order valence-corrected chi connectivity index (χ3v) is 4.17. The molecule has 2 atom stereocenters. The molecule has 0 bridgehead atoms. The molecular weight excluding hydrogens is 292 g/mol. The highest BCUT2D eigenvalue weighted by molar-refractivity contribution is 5.91. The summed E-state index contributed by atoms with van der Waals surface area (Å²) in [5.74, 6) is 0. The lowest BCUT2D eigenvalue weighted by Crippen LogP contribution is -2.37. The van der Waals surface area contributed by atoms with Gasteiger partial charge in [-0.1, -0.05) is 12.1 Å². The first-order chi connectivity index (χ1) is 11.2. The molecule has 0 unspecified atom stereocenters. The van der Waals surface area contributed by atoms with Gasteiger partial charge in [-0.25, -0.2) is 9.48 Å². The molecule has 0 spiro atoms. The third kappa shape index (κ3) is 3.71. The Balaban J connectivity index is 1.67. The summed E-state index contributed by atoms with van der Waals surface area (Å²) in [7, 11) is 1.72. The van der Waals surface area contributed by atoms with Crippen molar-refractivity contribution < 1.29 is 9.53 Å². The van der Waals surface area contributed by atoms with Crippen molar-refractivity contribution in [2.24, 2.45) is 0 Å². The summed E-state index contributed by atoms with van der Waals surface area (Å²) in [6, 6.07) is 9.53. The van der Waals surface area contributed by atoms with Crippen molar-refractivity contribution in [3.63, 3.8) is 0 Å². The SMILES string of the molecule is CO[C@@H]1CC[C@H](NC(=O)Nc2ccccc2-n2ccc(C)n2)C1. The van der Waals surface area contributed by atoms with E-state index in [-0.39, 0.29) is 18.2 Å². The van der Waals surface area contributed by atoms with Gasteiger partial charge in [0, 0.05) is 19.3 Å². The molecule has 3 rings (SSSR count). The fourth-order valence-electron chi connectivity index (χ4n) is 2.96. The van der Waals surface area contributed by atoms with Crippen LogP contribution in [0.4, 0.5) is 10.5 Å². The lowest BCUT2D eigenvalue weighted by atomic mass is 10.2. The highest BCUT2D eigenvalue weighted by Crippen LogP contribution is 2.22. The van der Waals surface area contributed by atoms with Crippen molar-refractivity contribution in [2.75, 3.05) is 12.4 Å². The molecule has 6 nitrogen and oxygen atoms in total. The molecule has 2 amide bonds. The van der Waals surface area contributed by atoms with E-state index in [1.165, 1.54) is 0 Å². The first-order valence-corrected chi connectivity index (χ1v) is 7.87. The van der Waals surface area contributed by atoms with E-state index in [2.05, 4.69) is 15.7 Å². The van der Waals surface area contributed by atoms with Crippen molar-refractivity contribution in [3.05, 3.63) is 42.2 Å². The Morgan fingerprint density at radius 3 is 2.83 bits per heavy atom. The smallest absolute Gasteiger partial charge is 0.319 e. The Kier molecular flexibility index (Phi) is 4.62. The summed E-state index contributed by atoms with van der Waals surface area (Å²) in [6.45, 7) is 1.94. The first-order valence-electron chi connectivity index (χ1n) is 7.87. The zero-order chi connectivity index (χ0) is 16.2. The topological polar surface area (TPSA) is 68.2 Å². The molecule has 122 valence electrons. The second-order valence-corrected chi connectivity index (χ2v) is 5.88. The number of rotatable bonds is 4. The molecule has 1 heterocycles. The number of urea groups is 1. The zero-order valence-electron chi connectivity index (χ0n) is 13.5. The Labute approximate surface area is 135 Å². The molecule has 1 aromatic carbocycles. The van der Waals surface area contributed by atoms with Gasteiger partial charge in [0.25, 0.3) is 0 Å². The number of anilines is 1.